The van der Waals surface area contributed by atoms with E-state index in [0.717, 1.165) is 12.8 Å². The van der Waals surface area contributed by atoms with Gasteiger partial charge in [0.2, 0.25) is 0 Å². The molecule has 0 bridgehead atoms. The monoisotopic (exact) mass is 234 g/mol. The second kappa shape index (κ2) is 7.10. The van der Waals surface area contributed by atoms with Gasteiger partial charge >= 0.3 is 5.97 Å². The van der Waals surface area contributed by atoms with Crippen LogP contribution in [0.1, 0.15) is 55.1 Å². The van der Waals surface area contributed by atoms with Crippen LogP contribution in [0, 0.1) is 0 Å². The molecule has 0 amide bonds. The molecular formula is C15H22O2. The highest BCUT2D eigenvalue weighted by molar-refractivity contribution is 5.89. The second-order valence-corrected chi connectivity index (χ2v) is 4.16. The fourth-order valence-corrected chi connectivity index (χ4v) is 1.91. The zero-order chi connectivity index (χ0) is 12.7. The minimum Gasteiger partial charge on any atom is -0.462 e. The zero-order valence-electron chi connectivity index (χ0n) is 11.1. The maximum atomic E-state index is 11.6. The number of esters is 1. The van der Waals surface area contributed by atoms with Gasteiger partial charge in [0.25, 0.3) is 0 Å². The first-order valence-electron chi connectivity index (χ1n) is 6.51. The lowest BCUT2D eigenvalue weighted by Crippen LogP contribution is -2.06. The van der Waals surface area contributed by atoms with E-state index in [-0.39, 0.29) is 5.97 Å². The summed E-state index contributed by atoms with van der Waals surface area (Å²) in [7, 11) is 0. The van der Waals surface area contributed by atoms with Crippen molar-refractivity contribution in [2.75, 3.05) is 6.61 Å². The minimum absolute atomic E-state index is 0.218. The highest BCUT2D eigenvalue weighted by Gasteiger charge is 2.09. The third-order valence-corrected chi connectivity index (χ3v) is 2.90. The maximum Gasteiger partial charge on any atom is 0.338 e. The normalized spacial score (nSPS) is 10.3. The minimum atomic E-state index is -0.218. The Labute approximate surface area is 104 Å². The Bertz CT molecular complexity index is 369. The first kappa shape index (κ1) is 13.8. The molecule has 0 spiro atoms. The molecule has 94 valence electrons. The number of benzene rings is 1. The summed E-state index contributed by atoms with van der Waals surface area (Å²) in [5.74, 6) is -0.218. The standard InChI is InChI=1S/C15H22O2/c1-4-7-8-13-9-10-14(11-12(13)5-2)15(16)17-6-3/h9-11H,4-8H2,1-3H3. The molecule has 0 radical (unpaired) electrons. The Kier molecular flexibility index (Phi) is 5.75. The van der Waals surface area contributed by atoms with Gasteiger partial charge in [0.15, 0.2) is 0 Å². The molecule has 1 aromatic rings. The summed E-state index contributed by atoms with van der Waals surface area (Å²) in [6, 6.07) is 5.92. The molecule has 1 aromatic carbocycles. The Morgan fingerprint density at radius 1 is 1.18 bits per heavy atom. The van der Waals surface area contributed by atoms with Gasteiger partial charge in [-0.05, 0) is 49.4 Å². The van der Waals surface area contributed by atoms with Crippen molar-refractivity contribution in [1.82, 2.24) is 0 Å². The second-order valence-electron chi connectivity index (χ2n) is 4.16. The number of carbonyl (C=O) groups is 1. The van der Waals surface area contributed by atoms with E-state index in [1.807, 2.05) is 19.1 Å². The van der Waals surface area contributed by atoms with Gasteiger partial charge in [0.1, 0.15) is 0 Å². The molecule has 0 aliphatic heterocycles. The molecule has 17 heavy (non-hydrogen) atoms. The quantitative estimate of drug-likeness (QED) is 0.700. The third-order valence-electron chi connectivity index (χ3n) is 2.90. The third kappa shape index (κ3) is 3.88. The highest BCUT2D eigenvalue weighted by atomic mass is 16.5. The number of ether oxygens (including phenoxy) is 1. The van der Waals surface area contributed by atoms with Crippen LogP contribution < -0.4 is 0 Å². The molecule has 1 rings (SSSR count). The summed E-state index contributed by atoms with van der Waals surface area (Å²) in [4.78, 5) is 11.6. The van der Waals surface area contributed by atoms with Gasteiger partial charge in [-0.1, -0.05) is 26.3 Å². The van der Waals surface area contributed by atoms with Crippen molar-refractivity contribution in [2.24, 2.45) is 0 Å². The number of hydrogen-bond donors (Lipinski definition) is 0. The number of unbranched alkanes of at least 4 members (excludes halogenated alkanes) is 1. The van der Waals surface area contributed by atoms with Crippen LogP contribution in [0.5, 0.6) is 0 Å². The summed E-state index contributed by atoms with van der Waals surface area (Å²) in [6.07, 6.45) is 4.46. The van der Waals surface area contributed by atoms with Crippen molar-refractivity contribution in [3.8, 4) is 0 Å². The Balaban J connectivity index is 2.87. The van der Waals surface area contributed by atoms with E-state index in [2.05, 4.69) is 19.9 Å². The molecule has 0 heterocycles. The Hall–Kier alpha value is -1.31. The summed E-state index contributed by atoms with van der Waals surface area (Å²) in [5.41, 5.74) is 3.30. The summed E-state index contributed by atoms with van der Waals surface area (Å²) < 4.78 is 5.01. The predicted octanol–water partition coefficient (Wildman–Crippen LogP) is 3.77. The SMILES string of the molecule is CCCCc1ccc(C(=O)OCC)cc1CC. The molecule has 0 N–H and O–H groups in total. The van der Waals surface area contributed by atoms with Gasteiger partial charge in [0, 0.05) is 0 Å². The van der Waals surface area contributed by atoms with Crippen molar-refractivity contribution in [3.05, 3.63) is 34.9 Å². The lowest BCUT2D eigenvalue weighted by atomic mass is 9.98. The number of rotatable bonds is 6. The maximum absolute atomic E-state index is 11.6. The zero-order valence-corrected chi connectivity index (χ0v) is 11.1. The molecule has 2 nitrogen and oxygen atoms in total. The Morgan fingerprint density at radius 2 is 1.94 bits per heavy atom. The van der Waals surface area contributed by atoms with Gasteiger partial charge in [-0.15, -0.1) is 0 Å². The molecule has 0 aliphatic carbocycles. The number of carbonyl (C=O) groups excluding carboxylic acids is 1. The van der Waals surface area contributed by atoms with E-state index >= 15 is 0 Å². The van der Waals surface area contributed by atoms with E-state index in [4.69, 9.17) is 4.74 Å². The van der Waals surface area contributed by atoms with Gasteiger partial charge < -0.3 is 4.74 Å². The van der Waals surface area contributed by atoms with Crippen molar-refractivity contribution in [1.29, 1.82) is 0 Å². The van der Waals surface area contributed by atoms with E-state index < -0.39 is 0 Å². The average molecular weight is 234 g/mol. The molecule has 0 saturated carbocycles. The summed E-state index contributed by atoms with van der Waals surface area (Å²) in [6.45, 7) is 6.57. The molecule has 0 fully saturated rings. The molecule has 2 heteroatoms. The number of hydrogen-bond acceptors (Lipinski definition) is 2. The molecule has 0 saturated heterocycles. The van der Waals surface area contributed by atoms with E-state index in [1.165, 1.54) is 24.0 Å². The molecule has 0 aliphatic rings. The van der Waals surface area contributed by atoms with Gasteiger partial charge in [0.05, 0.1) is 12.2 Å². The number of aryl methyl sites for hydroxylation is 2. The fourth-order valence-electron chi connectivity index (χ4n) is 1.91. The van der Waals surface area contributed by atoms with Crippen LogP contribution in [-0.4, -0.2) is 12.6 Å². The topological polar surface area (TPSA) is 26.3 Å². The summed E-state index contributed by atoms with van der Waals surface area (Å²) >= 11 is 0. The molecule has 0 aromatic heterocycles. The first-order chi connectivity index (χ1) is 8.22. The van der Waals surface area contributed by atoms with E-state index in [9.17, 15) is 4.79 Å². The predicted molar refractivity (Wildman–Crippen MR) is 70.4 cm³/mol. The van der Waals surface area contributed by atoms with E-state index in [1.54, 1.807) is 0 Å². The first-order valence-corrected chi connectivity index (χ1v) is 6.51. The fraction of sp³-hybridized carbons (Fsp3) is 0.533. The van der Waals surface area contributed by atoms with Crippen LogP contribution >= 0.6 is 0 Å². The average Bonchev–Trinajstić information content (AvgIpc) is 2.36. The smallest absolute Gasteiger partial charge is 0.338 e. The largest absolute Gasteiger partial charge is 0.462 e. The van der Waals surface area contributed by atoms with Crippen molar-refractivity contribution >= 4 is 5.97 Å². The summed E-state index contributed by atoms with van der Waals surface area (Å²) in [5, 5.41) is 0. The Morgan fingerprint density at radius 3 is 2.53 bits per heavy atom. The van der Waals surface area contributed by atoms with Gasteiger partial charge in [-0.3, -0.25) is 0 Å². The lowest BCUT2D eigenvalue weighted by Gasteiger charge is -2.09. The molecule has 0 atom stereocenters. The highest BCUT2D eigenvalue weighted by Crippen LogP contribution is 2.16. The van der Waals surface area contributed by atoms with Crippen LogP contribution in [-0.2, 0) is 17.6 Å². The molecular weight excluding hydrogens is 212 g/mol. The van der Waals surface area contributed by atoms with Gasteiger partial charge in [-0.2, -0.15) is 0 Å². The van der Waals surface area contributed by atoms with E-state index in [0.29, 0.717) is 12.2 Å². The van der Waals surface area contributed by atoms with Crippen LogP contribution in [0.25, 0.3) is 0 Å². The van der Waals surface area contributed by atoms with Crippen LogP contribution in [0.15, 0.2) is 18.2 Å². The molecule has 0 unspecified atom stereocenters. The van der Waals surface area contributed by atoms with Gasteiger partial charge in [-0.25, -0.2) is 4.79 Å². The lowest BCUT2D eigenvalue weighted by molar-refractivity contribution is 0.0526. The van der Waals surface area contributed by atoms with Crippen LogP contribution in [0.4, 0.5) is 0 Å². The van der Waals surface area contributed by atoms with Crippen molar-refractivity contribution in [3.63, 3.8) is 0 Å². The van der Waals surface area contributed by atoms with Crippen molar-refractivity contribution < 1.29 is 9.53 Å². The van der Waals surface area contributed by atoms with Crippen LogP contribution in [0.2, 0.25) is 0 Å². The van der Waals surface area contributed by atoms with Crippen molar-refractivity contribution in [2.45, 2.75) is 46.5 Å². The van der Waals surface area contributed by atoms with Crippen LogP contribution in [0.3, 0.4) is 0 Å².